The molecule has 2 bridgehead atoms. The van der Waals surface area contributed by atoms with Crippen LogP contribution in [-0.2, 0) is 28.2 Å². The lowest BCUT2D eigenvalue weighted by Crippen LogP contribution is -2.56. The molecule has 1 fully saturated rings. The normalized spacial score (nSPS) is 22.0. The molecule has 0 saturated heterocycles. The Hall–Kier alpha value is -3.80. The number of hydrogen-bond acceptors (Lipinski definition) is 7. The summed E-state index contributed by atoms with van der Waals surface area (Å²) in [4.78, 5) is 59.5. The molecule has 0 spiro atoms. The minimum absolute atomic E-state index is 0.0163. The van der Waals surface area contributed by atoms with E-state index in [9.17, 15) is 28.7 Å². The number of hydrogen-bond donors (Lipinski definition) is 3. The van der Waals surface area contributed by atoms with Gasteiger partial charge in [-0.3, -0.25) is 23.7 Å². The van der Waals surface area contributed by atoms with E-state index in [4.69, 9.17) is 0 Å². The molecule has 3 N–H and O–H groups in total. The molecule has 0 unspecified atom stereocenters. The van der Waals surface area contributed by atoms with E-state index in [2.05, 4.69) is 15.6 Å². The fourth-order valence-electron chi connectivity index (χ4n) is 5.36. The Kier molecular flexibility index (Phi) is 7.04. The Morgan fingerprint density at radius 1 is 1.13 bits per heavy atom. The van der Waals surface area contributed by atoms with Gasteiger partial charge < -0.3 is 25.5 Å². The summed E-state index contributed by atoms with van der Waals surface area (Å²) in [5.74, 6) is -3.44. The van der Waals surface area contributed by atoms with Crippen LogP contribution >= 0.6 is 0 Å². The summed E-state index contributed by atoms with van der Waals surface area (Å²) in [5.41, 5.74) is -1.86. The number of halogens is 1. The minimum atomic E-state index is -1.19. The third-order valence-electron chi connectivity index (χ3n) is 7.85. The molecule has 0 atom stereocenters. The Labute approximate surface area is 219 Å². The number of carbonyl (C=O) groups excluding carboxylic acids is 3. The van der Waals surface area contributed by atoms with Crippen molar-refractivity contribution in [1.29, 1.82) is 0 Å². The summed E-state index contributed by atoms with van der Waals surface area (Å²) in [6, 6.07) is 4.40. The van der Waals surface area contributed by atoms with Gasteiger partial charge in [0.25, 0.3) is 11.5 Å². The van der Waals surface area contributed by atoms with Crippen molar-refractivity contribution >= 4 is 17.7 Å². The number of aromatic nitrogens is 2. The van der Waals surface area contributed by atoms with Gasteiger partial charge in [0, 0.05) is 32.7 Å². The van der Waals surface area contributed by atoms with Crippen LogP contribution < -0.4 is 16.2 Å². The predicted octanol–water partition coefficient (Wildman–Crippen LogP) is 0.614. The van der Waals surface area contributed by atoms with Gasteiger partial charge in [0.2, 0.25) is 5.75 Å². The van der Waals surface area contributed by atoms with Crippen LogP contribution in [-0.4, -0.2) is 75.9 Å². The number of amides is 3. The zero-order valence-corrected chi connectivity index (χ0v) is 22.2. The Morgan fingerprint density at radius 2 is 1.79 bits per heavy atom. The van der Waals surface area contributed by atoms with Crippen molar-refractivity contribution in [2.24, 2.45) is 0 Å². The lowest BCUT2D eigenvalue weighted by Gasteiger charge is -2.45. The molecule has 11 nitrogen and oxygen atoms in total. The third kappa shape index (κ3) is 4.64. The summed E-state index contributed by atoms with van der Waals surface area (Å²) in [7, 11) is 6.74. The molecule has 3 aliphatic rings. The Bertz CT molecular complexity index is 1360. The van der Waals surface area contributed by atoms with Gasteiger partial charge in [0.15, 0.2) is 5.69 Å². The fourth-order valence-corrected chi connectivity index (χ4v) is 5.36. The van der Waals surface area contributed by atoms with Gasteiger partial charge in [-0.1, -0.05) is 12.1 Å². The lowest BCUT2D eigenvalue weighted by molar-refractivity contribution is -0.145. The Morgan fingerprint density at radius 3 is 2.37 bits per heavy atom. The van der Waals surface area contributed by atoms with Crippen LogP contribution in [0.25, 0.3) is 0 Å². The number of benzene rings is 1. The SMILES string of the molecule is Cc1cc(CNC(=O)c2nc3n(c(=O)c2O)CC2(N(C)C)CCC3(NC(=O)C(=O)N(C)C)CC2)ccc1F. The third-order valence-corrected chi connectivity index (χ3v) is 7.85. The second kappa shape index (κ2) is 9.82. The highest BCUT2D eigenvalue weighted by Gasteiger charge is 2.52. The molecule has 1 aliphatic carbocycles. The maximum atomic E-state index is 13.6. The Balaban J connectivity index is 1.76. The largest absolute Gasteiger partial charge is 0.501 e. The highest BCUT2D eigenvalue weighted by molar-refractivity contribution is 6.35. The summed E-state index contributed by atoms with van der Waals surface area (Å²) in [5, 5.41) is 16.2. The first-order valence-corrected chi connectivity index (χ1v) is 12.4. The van der Waals surface area contributed by atoms with Crippen molar-refractivity contribution in [2.75, 3.05) is 28.2 Å². The topological polar surface area (TPSA) is 137 Å². The molecule has 0 radical (unpaired) electrons. The van der Waals surface area contributed by atoms with E-state index in [1.54, 1.807) is 13.0 Å². The number of aryl methyl sites for hydroxylation is 1. The molecule has 3 amide bonds. The van der Waals surface area contributed by atoms with Crippen LogP contribution in [0.5, 0.6) is 5.75 Å². The van der Waals surface area contributed by atoms with E-state index in [1.807, 2.05) is 19.0 Å². The molecule has 2 aliphatic heterocycles. The predicted molar refractivity (Wildman–Crippen MR) is 136 cm³/mol. The van der Waals surface area contributed by atoms with Crippen LogP contribution in [0.15, 0.2) is 23.0 Å². The van der Waals surface area contributed by atoms with Crippen molar-refractivity contribution in [3.8, 4) is 5.75 Å². The molecular formula is C26H33FN6O5. The standard InChI is InChI=1S/C26H33FN6O5/c1-15-12-16(6-7-17(15)27)13-28-20(35)18-19(34)22(37)33-14-25(32(4)5)8-10-26(11-9-25,24(33)29-18)30-21(36)23(38)31(2)3/h6-7,12,34H,8-11,13-14H2,1-5H3,(H,28,35)(H,30,36). The number of likely N-dealkylation sites (N-methyl/N-ethyl adjacent to an activating group) is 2. The van der Waals surface area contributed by atoms with Gasteiger partial charge >= 0.3 is 11.8 Å². The van der Waals surface area contributed by atoms with Gasteiger partial charge in [0.1, 0.15) is 11.6 Å². The maximum absolute atomic E-state index is 13.6. The molecule has 1 aromatic heterocycles. The number of nitrogens with zero attached hydrogens (tertiary/aromatic N) is 4. The average molecular weight is 529 g/mol. The zero-order valence-electron chi connectivity index (χ0n) is 22.2. The molecule has 38 heavy (non-hydrogen) atoms. The van der Waals surface area contributed by atoms with Crippen LogP contribution in [0, 0.1) is 12.7 Å². The van der Waals surface area contributed by atoms with Gasteiger partial charge in [-0.05, 0) is 63.9 Å². The number of carbonyl (C=O) groups is 3. The summed E-state index contributed by atoms with van der Waals surface area (Å²) >= 11 is 0. The van der Waals surface area contributed by atoms with Crippen LogP contribution in [0.1, 0.15) is 53.1 Å². The first-order valence-electron chi connectivity index (χ1n) is 12.4. The van der Waals surface area contributed by atoms with Crippen LogP contribution in [0.2, 0.25) is 0 Å². The molecule has 2 aromatic rings. The second-order valence-corrected chi connectivity index (χ2v) is 10.6. The molecule has 12 heteroatoms. The first-order chi connectivity index (χ1) is 17.8. The van der Waals surface area contributed by atoms with E-state index in [0.717, 1.165) is 4.90 Å². The minimum Gasteiger partial charge on any atom is -0.501 e. The smallest absolute Gasteiger partial charge is 0.311 e. The number of rotatable bonds is 5. The first kappa shape index (κ1) is 27.2. The van der Waals surface area contributed by atoms with Crippen molar-refractivity contribution in [1.82, 2.24) is 30.0 Å². The van der Waals surface area contributed by atoms with Gasteiger partial charge in [0.05, 0.1) is 5.54 Å². The molecule has 5 rings (SSSR count). The lowest BCUT2D eigenvalue weighted by atomic mass is 9.72. The van der Waals surface area contributed by atoms with Crippen molar-refractivity contribution < 1.29 is 23.9 Å². The highest BCUT2D eigenvalue weighted by atomic mass is 19.1. The second-order valence-electron chi connectivity index (χ2n) is 10.6. The van der Waals surface area contributed by atoms with Gasteiger partial charge in [-0.15, -0.1) is 0 Å². The number of aromatic hydroxyl groups is 1. The van der Waals surface area contributed by atoms with Crippen molar-refractivity contribution in [3.05, 3.63) is 57.0 Å². The summed E-state index contributed by atoms with van der Waals surface area (Å²) < 4.78 is 14.9. The molecule has 1 saturated carbocycles. The van der Waals surface area contributed by atoms with Crippen LogP contribution in [0.3, 0.4) is 0 Å². The molecule has 1 aromatic carbocycles. The molecular weight excluding hydrogens is 495 g/mol. The average Bonchev–Trinajstić information content (AvgIpc) is 3.10. The number of fused-ring (bicyclic) bond motifs is 2. The van der Waals surface area contributed by atoms with E-state index >= 15 is 0 Å². The van der Waals surface area contributed by atoms with E-state index < -0.39 is 45.8 Å². The fraction of sp³-hybridized carbons (Fsp3) is 0.500. The molecule has 3 heterocycles. The maximum Gasteiger partial charge on any atom is 0.311 e. The van der Waals surface area contributed by atoms with E-state index in [-0.39, 0.29) is 24.7 Å². The van der Waals surface area contributed by atoms with Crippen LogP contribution in [0.4, 0.5) is 4.39 Å². The van der Waals surface area contributed by atoms with E-state index in [1.165, 1.54) is 30.8 Å². The van der Waals surface area contributed by atoms with Crippen molar-refractivity contribution in [3.63, 3.8) is 0 Å². The zero-order chi connectivity index (χ0) is 28.0. The summed E-state index contributed by atoms with van der Waals surface area (Å²) in [6.07, 6.45) is 1.94. The quantitative estimate of drug-likeness (QED) is 0.484. The monoisotopic (exact) mass is 528 g/mol. The van der Waals surface area contributed by atoms with Gasteiger partial charge in [-0.25, -0.2) is 9.37 Å². The van der Waals surface area contributed by atoms with E-state index in [0.29, 0.717) is 36.8 Å². The molecule has 204 valence electrons. The summed E-state index contributed by atoms with van der Waals surface area (Å²) in [6.45, 7) is 1.82. The van der Waals surface area contributed by atoms with Crippen molar-refractivity contribution in [2.45, 2.75) is 56.8 Å². The number of nitrogens with one attached hydrogen (secondary N) is 2. The van der Waals surface area contributed by atoms with Gasteiger partial charge in [-0.2, -0.15) is 0 Å². The highest BCUT2D eigenvalue weighted by Crippen LogP contribution is 2.46.